The van der Waals surface area contributed by atoms with E-state index in [1.165, 1.54) is 340 Å². The Bertz CT molecular complexity index is 919. The maximum Gasteiger partial charge on any atom is 0.405 e. The molecule has 0 saturated carbocycles. The van der Waals surface area contributed by atoms with Crippen molar-refractivity contribution in [2.75, 3.05) is 19.7 Å². The molecule has 0 aliphatic heterocycles. The zero-order chi connectivity index (χ0) is 50.6. The minimum absolute atomic E-state index is 0.410. The van der Waals surface area contributed by atoms with Crippen LogP contribution in [-0.4, -0.2) is 29.3 Å². The van der Waals surface area contributed by atoms with Crippen LogP contribution >= 0.6 is 7.75 Å². The van der Waals surface area contributed by atoms with Crippen molar-refractivity contribution in [3.8, 4) is 0 Å². The van der Waals surface area contributed by atoms with E-state index in [0.717, 1.165) is 38.5 Å². The largest absolute Gasteiger partial charge is 0.405 e. The van der Waals surface area contributed by atoms with Crippen molar-refractivity contribution < 1.29 is 14.0 Å². The fraction of sp³-hybridized carbons (Fsp3) is 1.00. The van der Waals surface area contributed by atoms with Gasteiger partial charge in [-0.3, -0.25) is 4.52 Å². The van der Waals surface area contributed by atoms with Crippen LogP contribution in [0, 0.1) is 0 Å². The molecule has 70 heavy (non-hydrogen) atoms. The van der Waals surface area contributed by atoms with Gasteiger partial charge in [0.2, 0.25) is 0 Å². The van der Waals surface area contributed by atoms with Gasteiger partial charge in [-0.15, -0.1) is 0 Å². The van der Waals surface area contributed by atoms with E-state index in [4.69, 9.17) is 4.52 Å². The third kappa shape index (κ3) is 57.4. The summed E-state index contributed by atoms with van der Waals surface area (Å²) in [7, 11) is -3.73. The first-order valence-electron chi connectivity index (χ1n) is 33.3. The molecule has 0 fully saturated rings. The summed E-state index contributed by atoms with van der Waals surface area (Å²) in [5.74, 6) is 0. The minimum Gasteiger partial charge on any atom is -0.312 e. The molecule has 0 radical (unpaired) electrons. The number of unbranched alkanes of at least 4 members (excludes halogenated alkanes) is 56. The number of nitrogens with zero attached hydrogens (tertiary/aromatic N) is 1. The molecule has 0 amide bonds. The second-order valence-electron chi connectivity index (χ2n) is 23.1. The molecule has 0 aliphatic carbocycles. The summed E-state index contributed by atoms with van der Waals surface area (Å²) in [6, 6.07) is 0. The molecule has 0 aromatic rings. The van der Waals surface area contributed by atoms with Crippen LogP contribution in [0.4, 0.5) is 0 Å². The maximum absolute atomic E-state index is 13.4. The lowest BCUT2D eigenvalue weighted by molar-refractivity contribution is 0.194. The smallest absolute Gasteiger partial charge is 0.312 e. The van der Waals surface area contributed by atoms with E-state index in [1.807, 2.05) is 4.67 Å². The molecule has 4 nitrogen and oxygen atoms in total. The van der Waals surface area contributed by atoms with Crippen LogP contribution in [0.1, 0.15) is 400 Å². The van der Waals surface area contributed by atoms with E-state index in [-0.39, 0.29) is 0 Å². The molecular formula is C65H134NO3P. The van der Waals surface area contributed by atoms with E-state index in [1.54, 1.807) is 0 Å². The summed E-state index contributed by atoms with van der Waals surface area (Å²) in [6.07, 6.45) is 81.4. The Kier molecular flexibility index (Phi) is 61.8. The van der Waals surface area contributed by atoms with Gasteiger partial charge in [0.1, 0.15) is 0 Å². The van der Waals surface area contributed by atoms with Crippen LogP contribution in [-0.2, 0) is 9.09 Å². The van der Waals surface area contributed by atoms with Gasteiger partial charge < -0.3 is 4.89 Å². The fourth-order valence-corrected chi connectivity index (χ4v) is 12.2. The Labute approximate surface area is 443 Å². The molecule has 422 valence electrons. The van der Waals surface area contributed by atoms with Gasteiger partial charge in [-0.05, 0) is 19.3 Å². The van der Waals surface area contributed by atoms with E-state index in [2.05, 4.69) is 20.8 Å². The molecule has 5 heteroatoms. The van der Waals surface area contributed by atoms with Gasteiger partial charge in [-0.2, -0.15) is 0 Å². The summed E-state index contributed by atoms with van der Waals surface area (Å²) < 4.78 is 21.0. The topological polar surface area (TPSA) is 49.8 Å². The highest BCUT2D eigenvalue weighted by Crippen LogP contribution is 2.47. The second-order valence-corrected chi connectivity index (χ2v) is 24.9. The van der Waals surface area contributed by atoms with Crippen molar-refractivity contribution in [3.63, 3.8) is 0 Å². The van der Waals surface area contributed by atoms with Crippen molar-refractivity contribution in [1.82, 2.24) is 4.67 Å². The lowest BCUT2D eigenvalue weighted by atomic mass is 10.0. The van der Waals surface area contributed by atoms with Crippen molar-refractivity contribution in [2.45, 2.75) is 400 Å². The Morgan fingerprint density at radius 1 is 0.243 bits per heavy atom. The van der Waals surface area contributed by atoms with Gasteiger partial charge in [-0.25, -0.2) is 9.24 Å². The monoisotopic (exact) mass is 1010 g/mol. The molecule has 0 aromatic heterocycles. The lowest BCUT2D eigenvalue weighted by Gasteiger charge is -2.26. The minimum atomic E-state index is -3.73. The molecule has 0 aromatic carbocycles. The summed E-state index contributed by atoms with van der Waals surface area (Å²) in [6.45, 7) is 8.64. The first-order valence-corrected chi connectivity index (χ1v) is 34.8. The molecule has 0 bridgehead atoms. The highest BCUT2D eigenvalue weighted by Gasteiger charge is 2.28. The quantitative estimate of drug-likeness (QED) is 0.0487. The Balaban J connectivity index is 3.81. The molecule has 1 N–H and O–H groups in total. The van der Waals surface area contributed by atoms with Gasteiger partial charge in [-0.1, -0.05) is 380 Å². The highest BCUT2D eigenvalue weighted by molar-refractivity contribution is 7.50. The average Bonchev–Trinajstić information content (AvgIpc) is 3.36. The van der Waals surface area contributed by atoms with E-state index >= 15 is 0 Å². The second kappa shape index (κ2) is 61.7. The van der Waals surface area contributed by atoms with Crippen molar-refractivity contribution in [2.24, 2.45) is 0 Å². The maximum atomic E-state index is 13.4. The van der Waals surface area contributed by atoms with Crippen LogP contribution in [0.25, 0.3) is 0 Å². The number of rotatable bonds is 64. The Morgan fingerprint density at radius 2 is 0.386 bits per heavy atom. The molecule has 1 unspecified atom stereocenters. The van der Waals surface area contributed by atoms with Crippen LogP contribution in [0.15, 0.2) is 0 Å². The molecule has 0 aliphatic rings. The third-order valence-electron chi connectivity index (χ3n) is 15.9. The summed E-state index contributed by atoms with van der Waals surface area (Å²) in [5.41, 5.74) is 0. The molecule has 0 saturated heterocycles. The van der Waals surface area contributed by atoms with Gasteiger partial charge in [0.25, 0.3) is 0 Å². The van der Waals surface area contributed by atoms with E-state index in [9.17, 15) is 9.46 Å². The standard InChI is InChI=1S/C65H134NO3P/c1-4-7-10-13-15-17-19-21-23-25-27-29-31-33-35-37-39-41-43-45-47-49-51-53-55-57-60-63-66(70(67,68)69-65-62-59-12-9-6-3)64-61-58-56-54-52-50-48-46-44-42-40-38-36-34-32-30-28-26-24-22-20-18-16-14-11-8-5-2/h4-65H2,1-3H3,(H,67,68). The van der Waals surface area contributed by atoms with Crippen LogP contribution in [0.3, 0.4) is 0 Å². The average molecular weight is 1010 g/mol. The van der Waals surface area contributed by atoms with Crippen molar-refractivity contribution in [1.29, 1.82) is 0 Å². The SMILES string of the molecule is CCCCCCCCCCCCCCCCCCCCCCCCCCCCCN(CCCCCCCCCCCCCCCCCCCCCCCCCCCCC)P(=O)(O)OCCCCCCC. The summed E-state index contributed by atoms with van der Waals surface area (Å²) in [5, 5.41) is 0. The van der Waals surface area contributed by atoms with Crippen molar-refractivity contribution in [3.05, 3.63) is 0 Å². The third-order valence-corrected chi connectivity index (χ3v) is 17.5. The first kappa shape index (κ1) is 70.1. The molecule has 0 spiro atoms. The molecule has 0 heterocycles. The lowest BCUT2D eigenvalue weighted by Crippen LogP contribution is -2.24. The van der Waals surface area contributed by atoms with Crippen molar-refractivity contribution >= 4 is 7.75 Å². The summed E-state index contributed by atoms with van der Waals surface area (Å²) >= 11 is 0. The predicted molar refractivity (Wildman–Crippen MR) is 317 cm³/mol. The zero-order valence-corrected chi connectivity index (χ0v) is 49.9. The van der Waals surface area contributed by atoms with Crippen LogP contribution in [0.2, 0.25) is 0 Å². The highest BCUT2D eigenvalue weighted by atomic mass is 31.2. The molecular weight excluding hydrogens is 874 g/mol. The number of hydrogen-bond acceptors (Lipinski definition) is 2. The number of hydrogen-bond donors (Lipinski definition) is 1. The molecule has 1 atom stereocenters. The van der Waals surface area contributed by atoms with E-state index < -0.39 is 7.75 Å². The normalized spacial score (nSPS) is 12.8. The Morgan fingerprint density at radius 3 is 0.557 bits per heavy atom. The summed E-state index contributed by atoms with van der Waals surface area (Å²) in [4.78, 5) is 11.0. The van der Waals surface area contributed by atoms with Crippen LogP contribution in [0.5, 0.6) is 0 Å². The zero-order valence-electron chi connectivity index (χ0n) is 49.0. The van der Waals surface area contributed by atoms with Crippen LogP contribution < -0.4 is 0 Å². The van der Waals surface area contributed by atoms with Gasteiger partial charge in [0, 0.05) is 13.1 Å². The fourth-order valence-electron chi connectivity index (χ4n) is 10.9. The van der Waals surface area contributed by atoms with Gasteiger partial charge >= 0.3 is 7.75 Å². The first-order chi connectivity index (χ1) is 34.6. The molecule has 0 rings (SSSR count). The van der Waals surface area contributed by atoms with E-state index in [0.29, 0.717) is 19.7 Å². The van der Waals surface area contributed by atoms with Gasteiger partial charge in [0.05, 0.1) is 6.61 Å². The Hall–Kier alpha value is 0.110. The van der Waals surface area contributed by atoms with Gasteiger partial charge in [0.15, 0.2) is 0 Å². The predicted octanol–water partition coefficient (Wildman–Crippen LogP) is 24.5.